The molecular weight excluding hydrogens is 1130 g/mol. The minimum absolute atomic E-state index is 0.0458. The summed E-state index contributed by atoms with van der Waals surface area (Å²) < 4.78 is 77.5. The van der Waals surface area contributed by atoms with Crippen LogP contribution in [-0.4, -0.2) is 31.2 Å². The Morgan fingerprint density at radius 1 is 0.385 bits per heavy atom. The Hall–Kier alpha value is -6.30. The van der Waals surface area contributed by atoms with E-state index in [4.69, 9.17) is 46.4 Å². The fraction of sp³-hybridized carbons (Fsp3) is 0.0667. The van der Waals surface area contributed by atoms with Gasteiger partial charge in [-0.3, -0.25) is 9.59 Å². The molecule has 0 spiro atoms. The lowest BCUT2D eigenvalue weighted by molar-refractivity contribution is -0.372. The summed E-state index contributed by atoms with van der Waals surface area (Å²) in [6.45, 7) is 0. The zero-order chi connectivity index (χ0) is 56.1. The molecule has 0 aliphatic heterocycles. The minimum atomic E-state index is -5.05. The van der Waals surface area contributed by atoms with E-state index in [1.165, 1.54) is 0 Å². The van der Waals surface area contributed by atoms with Crippen molar-refractivity contribution in [3.05, 3.63) is 279 Å². The molecule has 0 bridgehead atoms. The molecule has 5 nitrogen and oxygen atoms in total. The number of halogens is 10. The van der Waals surface area contributed by atoms with E-state index in [0.29, 0.717) is 43.5 Å². The van der Waals surface area contributed by atoms with Crippen LogP contribution in [0.15, 0.2) is 237 Å². The summed E-state index contributed by atoms with van der Waals surface area (Å²) in [5.74, 6) is -1.17. The average Bonchev–Trinajstić information content (AvgIpc) is 3.51. The van der Waals surface area contributed by atoms with Gasteiger partial charge < -0.3 is 14.7 Å². The molecule has 0 heterocycles. The normalized spacial score (nSPS) is 11.5. The van der Waals surface area contributed by atoms with Gasteiger partial charge in [-0.15, -0.1) is 0 Å². The Labute approximate surface area is 468 Å². The van der Waals surface area contributed by atoms with Crippen molar-refractivity contribution in [2.45, 2.75) is 12.4 Å². The van der Waals surface area contributed by atoms with Gasteiger partial charge in [-0.1, -0.05) is 168 Å². The number of carbonyl (C=O) groups is 2. The first-order valence-corrected chi connectivity index (χ1v) is 29.0. The van der Waals surface area contributed by atoms with Gasteiger partial charge in [0, 0.05) is 0 Å². The van der Waals surface area contributed by atoms with Crippen LogP contribution in [0, 0.1) is 0 Å². The van der Waals surface area contributed by atoms with Gasteiger partial charge in [0.25, 0.3) is 0 Å². The van der Waals surface area contributed by atoms with Crippen molar-refractivity contribution in [1.29, 1.82) is 0 Å². The Morgan fingerprint density at radius 3 is 0.821 bits per heavy atom. The van der Waals surface area contributed by atoms with Crippen LogP contribution in [0.2, 0.25) is 20.1 Å². The van der Waals surface area contributed by atoms with E-state index in [2.05, 4.69) is 77.5 Å². The number of carbonyl (C=O) groups excluding carboxylic acids is 2. The Balaban J connectivity index is 0.000000176. The first-order chi connectivity index (χ1) is 37.2. The van der Waals surface area contributed by atoms with Crippen molar-refractivity contribution >= 4 is 112 Å². The van der Waals surface area contributed by atoms with Gasteiger partial charge in [-0.05, 0) is 115 Å². The van der Waals surface area contributed by atoms with Crippen LogP contribution in [-0.2, 0) is 12.4 Å². The molecule has 0 fully saturated rings. The Kier molecular flexibility index (Phi) is 20.2. The zero-order valence-electron chi connectivity index (χ0n) is 40.7. The third-order valence-corrected chi connectivity index (χ3v) is 22.1. The van der Waals surface area contributed by atoms with E-state index in [9.17, 15) is 46.0 Å². The lowest BCUT2D eigenvalue weighted by Crippen LogP contribution is -2.50. The molecule has 9 aromatic carbocycles. The lowest BCUT2D eigenvalue weighted by Gasteiger charge is -2.27. The van der Waals surface area contributed by atoms with E-state index in [-0.39, 0.29) is 29.8 Å². The minimum Gasteiger partial charge on any atom is -0.860 e. The average molecular weight is 1170 g/mol. The van der Waals surface area contributed by atoms with E-state index in [1.807, 2.05) is 109 Å². The standard InChI is InChI=1S/2C26H20Cl2OP.C8H3BF6O3/c2*27-23-17-10-18-24(28)26(23)25(29)19-30(20-11-4-1-5-12-20,21-13-6-2-7-14-21)22-15-8-3-9-16-22;10-7(11,12)4-1-5(8(13,14)15)3-6(2-4)18-9(16)17/h2*1-18H,19H2;1-3H/q2*+1;-2. The summed E-state index contributed by atoms with van der Waals surface area (Å²) in [4.78, 5) is 27.4. The number of ketones is 2. The SMILES string of the molecule is O=C(C[P+](c1ccccc1)(c1ccccc1)c1ccccc1)c1c(Cl)cccc1Cl.O=C(C[P+](c1ccccc1)(c1ccccc1)c1ccccc1)c1c(Cl)cccc1Cl.[O-]B([O-])Oc1cc(C(F)(F)F)cc(C(F)(F)F)c1. The quantitative estimate of drug-likeness (QED) is 0.0468. The first kappa shape index (κ1) is 59.4. The molecule has 0 N–H and O–H groups in total. The molecule has 0 unspecified atom stereocenters. The van der Waals surface area contributed by atoms with Gasteiger partial charge >= 0.3 is 12.4 Å². The molecule has 0 aliphatic carbocycles. The fourth-order valence-electron chi connectivity index (χ4n) is 8.76. The summed E-state index contributed by atoms with van der Waals surface area (Å²) >= 11 is 25.6. The zero-order valence-corrected chi connectivity index (χ0v) is 45.5. The summed E-state index contributed by atoms with van der Waals surface area (Å²) in [5, 5.41) is 28.6. The van der Waals surface area contributed by atoms with Crippen molar-refractivity contribution in [3.63, 3.8) is 0 Å². The smallest absolute Gasteiger partial charge is 0.416 e. The molecule has 396 valence electrons. The maximum Gasteiger partial charge on any atom is 0.416 e. The number of rotatable bonds is 14. The topological polar surface area (TPSA) is 89.5 Å². The summed E-state index contributed by atoms with van der Waals surface area (Å²) in [5.41, 5.74) is -2.53. The number of hydrogen-bond acceptors (Lipinski definition) is 5. The maximum atomic E-state index is 13.7. The summed E-state index contributed by atoms with van der Waals surface area (Å²) in [6.07, 6.45) is -9.48. The molecule has 0 radical (unpaired) electrons. The van der Waals surface area contributed by atoms with Crippen molar-refractivity contribution in [3.8, 4) is 5.75 Å². The van der Waals surface area contributed by atoms with Crippen molar-refractivity contribution in [2.75, 3.05) is 12.3 Å². The maximum absolute atomic E-state index is 13.7. The molecule has 0 aliphatic rings. The number of hydrogen-bond donors (Lipinski definition) is 0. The van der Waals surface area contributed by atoms with Gasteiger partial charge in [0.2, 0.25) is 11.6 Å². The summed E-state index contributed by atoms with van der Waals surface area (Å²) in [7, 11) is -7.58. The van der Waals surface area contributed by atoms with Crippen LogP contribution in [0.25, 0.3) is 0 Å². The molecule has 78 heavy (non-hydrogen) atoms. The van der Waals surface area contributed by atoms with Crippen LogP contribution in [0.4, 0.5) is 26.3 Å². The van der Waals surface area contributed by atoms with Crippen LogP contribution in [0.3, 0.4) is 0 Å². The molecule has 0 atom stereocenters. The predicted octanol–water partition coefficient (Wildman–Crippen LogP) is 13.1. The van der Waals surface area contributed by atoms with Crippen molar-refractivity contribution in [1.82, 2.24) is 0 Å². The molecular formula is C60H43BCl4F6O5P2. The number of benzene rings is 9. The van der Waals surface area contributed by atoms with E-state index in [0.717, 1.165) is 31.8 Å². The molecule has 9 rings (SSSR count). The highest BCUT2D eigenvalue weighted by atomic mass is 35.5. The second kappa shape index (κ2) is 26.6. The second-order valence-electron chi connectivity index (χ2n) is 17.1. The molecule has 0 saturated heterocycles. The molecule has 0 aromatic heterocycles. The van der Waals surface area contributed by atoms with Crippen molar-refractivity contribution < 1.29 is 50.6 Å². The van der Waals surface area contributed by atoms with Crippen molar-refractivity contribution in [2.24, 2.45) is 0 Å². The highest BCUT2D eigenvalue weighted by Crippen LogP contribution is 2.57. The largest absolute Gasteiger partial charge is 0.860 e. The van der Waals surface area contributed by atoms with E-state index >= 15 is 0 Å². The monoisotopic (exact) mass is 1170 g/mol. The van der Waals surface area contributed by atoms with Crippen LogP contribution >= 0.6 is 60.9 Å². The number of Topliss-reactive ketones (excluding diaryl/α,β-unsaturated/α-hetero) is 2. The van der Waals surface area contributed by atoms with Crippen LogP contribution in [0.1, 0.15) is 31.8 Å². The van der Waals surface area contributed by atoms with Crippen LogP contribution < -0.4 is 46.5 Å². The van der Waals surface area contributed by atoms with Gasteiger partial charge in [-0.25, -0.2) is 0 Å². The van der Waals surface area contributed by atoms with Gasteiger partial charge in [-0.2, -0.15) is 26.3 Å². The fourth-order valence-corrected chi connectivity index (χ4v) is 18.1. The lowest BCUT2D eigenvalue weighted by atomic mass is 10.1. The summed E-state index contributed by atoms with van der Waals surface area (Å²) in [6, 6.07) is 72.4. The molecule has 9 aromatic rings. The predicted molar refractivity (Wildman–Crippen MR) is 304 cm³/mol. The van der Waals surface area contributed by atoms with Gasteiger partial charge in [0.1, 0.15) is 66.0 Å². The third-order valence-electron chi connectivity index (χ3n) is 12.2. The highest BCUT2D eigenvalue weighted by Gasteiger charge is 2.49. The first-order valence-electron chi connectivity index (χ1n) is 23.6. The van der Waals surface area contributed by atoms with Gasteiger partial charge in [0.15, 0.2) is 0 Å². The highest BCUT2D eigenvalue weighted by molar-refractivity contribution is 7.96. The van der Waals surface area contributed by atoms with E-state index in [1.54, 1.807) is 36.4 Å². The van der Waals surface area contributed by atoms with E-state index < -0.39 is 51.1 Å². The third kappa shape index (κ3) is 14.3. The molecule has 0 saturated carbocycles. The van der Waals surface area contributed by atoms with Crippen LogP contribution in [0.5, 0.6) is 5.75 Å². The molecule has 0 amide bonds. The second-order valence-corrected chi connectivity index (χ2v) is 25.7. The number of alkyl halides is 6. The Bertz CT molecular complexity index is 2970. The molecule has 18 heteroatoms. The van der Waals surface area contributed by atoms with Gasteiger partial charge in [0.05, 0.1) is 48.1 Å². The Morgan fingerprint density at radius 2 is 0.615 bits per heavy atom.